The fourth-order valence-electron chi connectivity index (χ4n) is 3.61. The molecule has 158 valence electrons. The van der Waals surface area contributed by atoms with Crippen LogP contribution in [0.3, 0.4) is 0 Å². The molecule has 1 aromatic carbocycles. The lowest BCUT2D eigenvalue weighted by atomic mass is 10.0. The molecular formula is C20H27N3O5S. The summed E-state index contributed by atoms with van der Waals surface area (Å²) < 4.78 is 32.2. The molecule has 9 heteroatoms. The highest BCUT2D eigenvalue weighted by atomic mass is 32.2. The minimum absolute atomic E-state index is 0.118. The van der Waals surface area contributed by atoms with E-state index in [0.29, 0.717) is 12.1 Å². The highest BCUT2D eigenvalue weighted by Gasteiger charge is 2.33. The first kappa shape index (κ1) is 21.3. The van der Waals surface area contributed by atoms with E-state index in [1.807, 2.05) is 6.92 Å². The molecule has 0 radical (unpaired) electrons. The van der Waals surface area contributed by atoms with Crippen molar-refractivity contribution in [2.75, 3.05) is 13.2 Å². The number of sulfonamides is 1. The van der Waals surface area contributed by atoms with Crippen molar-refractivity contribution in [3.05, 3.63) is 29.8 Å². The number of hydrogen-bond acceptors (Lipinski definition) is 6. The van der Waals surface area contributed by atoms with Crippen LogP contribution in [0.25, 0.3) is 0 Å². The number of amidine groups is 1. The molecule has 0 bridgehead atoms. The Morgan fingerprint density at radius 3 is 2.69 bits per heavy atom. The van der Waals surface area contributed by atoms with E-state index in [2.05, 4.69) is 9.71 Å². The predicted molar refractivity (Wildman–Crippen MR) is 108 cm³/mol. The molecule has 2 aliphatic rings. The average molecular weight is 422 g/mol. The van der Waals surface area contributed by atoms with Gasteiger partial charge in [-0.15, -0.1) is 0 Å². The second-order valence-corrected chi connectivity index (χ2v) is 9.46. The molecule has 0 spiro atoms. The zero-order valence-electron chi connectivity index (χ0n) is 16.9. The zero-order valence-corrected chi connectivity index (χ0v) is 17.7. The van der Waals surface area contributed by atoms with Crippen LogP contribution in [0.4, 0.5) is 0 Å². The summed E-state index contributed by atoms with van der Waals surface area (Å²) in [7, 11) is -3.69. The van der Waals surface area contributed by atoms with E-state index in [1.54, 1.807) is 36.9 Å². The quantitative estimate of drug-likeness (QED) is 0.729. The van der Waals surface area contributed by atoms with Gasteiger partial charge in [-0.1, -0.05) is 26.0 Å². The summed E-state index contributed by atoms with van der Waals surface area (Å²) in [5.74, 6) is -0.981. The number of esters is 1. The molecular weight excluding hydrogens is 394 g/mol. The first-order valence-corrected chi connectivity index (χ1v) is 11.3. The Labute approximate surface area is 171 Å². The number of likely N-dealkylation sites (tertiary alicyclic amines) is 1. The molecule has 2 heterocycles. The van der Waals surface area contributed by atoms with E-state index in [1.165, 1.54) is 6.07 Å². The lowest BCUT2D eigenvalue weighted by Crippen LogP contribution is -2.44. The third kappa shape index (κ3) is 4.60. The number of carbonyl (C=O) groups excluding carboxylic acids is 2. The van der Waals surface area contributed by atoms with Gasteiger partial charge in [-0.05, 0) is 44.2 Å². The molecule has 1 fully saturated rings. The molecule has 8 nitrogen and oxygen atoms in total. The van der Waals surface area contributed by atoms with E-state index in [0.717, 1.165) is 19.3 Å². The van der Waals surface area contributed by atoms with Crippen molar-refractivity contribution in [3.63, 3.8) is 0 Å². The van der Waals surface area contributed by atoms with Gasteiger partial charge in [-0.2, -0.15) is 0 Å². The molecule has 1 saturated heterocycles. The summed E-state index contributed by atoms with van der Waals surface area (Å²) in [4.78, 5) is 31.3. The van der Waals surface area contributed by atoms with Crippen molar-refractivity contribution >= 4 is 27.7 Å². The second-order valence-electron chi connectivity index (χ2n) is 7.81. The predicted octanol–water partition coefficient (Wildman–Crippen LogP) is 1.69. The van der Waals surface area contributed by atoms with Crippen LogP contribution in [0.5, 0.6) is 0 Å². The number of ether oxygens (including phenoxy) is 1. The Morgan fingerprint density at radius 2 is 2.00 bits per heavy atom. The summed E-state index contributed by atoms with van der Waals surface area (Å²) in [6.07, 6.45) is 2.99. The van der Waals surface area contributed by atoms with Crippen molar-refractivity contribution in [1.29, 1.82) is 0 Å². The van der Waals surface area contributed by atoms with Gasteiger partial charge in [0.1, 0.15) is 5.84 Å². The largest absolute Gasteiger partial charge is 0.454 e. The van der Waals surface area contributed by atoms with Gasteiger partial charge in [0.25, 0.3) is 15.9 Å². The Balaban J connectivity index is 1.73. The number of rotatable bonds is 5. The van der Waals surface area contributed by atoms with Crippen molar-refractivity contribution < 1.29 is 22.7 Å². The molecule has 2 aliphatic heterocycles. The number of aliphatic imine (C=N–C) groups is 1. The monoisotopic (exact) mass is 421 g/mol. The lowest BCUT2D eigenvalue weighted by molar-refractivity contribution is -0.155. The molecule has 1 amide bonds. The van der Waals surface area contributed by atoms with E-state index in [9.17, 15) is 18.0 Å². The van der Waals surface area contributed by atoms with Gasteiger partial charge in [0, 0.05) is 18.2 Å². The summed E-state index contributed by atoms with van der Waals surface area (Å²) in [6, 6.07) is 5.67. The molecule has 0 aromatic heterocycles. The molecule has 0 unspecified atom stereocenters. The van der Waals surface area contributed by atoms with Crippen LogP contribution in [0.1, 0.15) is 45.6 Å². The number of fused-ring (bicyclic) bond motifs is 1. The van der Waals surface area contributed by atoms with Crippen LogP contribution in [0.2, 0.25) is 0 Å². The minimum Gasteiger partial charge on any atom is -0.454 e. The van der Waals surface area contributed by atoms with E-state index >= 15 is 0 Å². The van der Waals surface area contributed by atoms with Crippen LogP contribution >= 0.6 is 0 Å². The maximum absolute atomic E-state index is 12.6. The normalized spacial score (nSPS) is 22.8. The number of hydrogen-bond donors (Lipinski definition) is 1. The number of carbonyl (C=O) groups is 2. The van der Waals surface area contributed by atoms with Gasteiger partial charge in [0.2, 0.25) is 0 Å². The number of nitrogens with zero attached hydrogens (tertiary/aromatic N) is 2. The summed E-state index contributed by atoms with van der Waals surface area (Å²) in [5.41, 5.74) is 0.421. The van der Waals surface area contributed by atoms with Crippen molar-refractivity contribution in [2.45, 2.75) is 57.0 Å². The SMILES string of the molecule is CC(C)[C@H](N=C1NS(=O)(=O)c2ccccc21)C(=O)OCC(=O)N1CCCC[C@@H]1C. The molecule has 0 saturated carbocycles. The van der Waals surface area contributed by atoms with Crippen LogP contribution in [0, 0.1) is 5.92 Å². The molecule has 29 heavy (non-hydrogen) atoms. The van der Waals surface area contributed by atoms with Crippen molar-refractivity contribution in [3.8, 4) is 0 Å². The van der Waals surface area contributed by atoms with Gasteiger partial charge in [-0.25, -0.2) is 13.2 Å². The molecule has 0 aliphatic carbocycles. The van der Waals surface area contributed by atoms with E-state index in [4.69, 9.17) is 4.74 Å². The average Bonchev–Trinajstić information content (AvgIpc) is 2.94. The summed E-state index contributed by atoms with van der Waals surface area (Å²) in [6.45, 7) is 5.91. The summed E-state index contributed by atoms with van der Waals surface area (Å²) in [5, 5.41) is 0. The van der Waals surface area contributed by atoms with E-state index in [-0.39, 0.29) is 35.2 Å². The first-order chi connectivity index (χ1) is 13.7. The highest BCUT2D eigenvalue weighted by Crippen LogP contribution is 2.24. The zero-order chi connectivity index (χ0) is 21.2. The van der Waals surface area contributed by atoms with Crippen LogP contribution < -0.4 is 4.72 Å². The number of piperidine rings is 1. The number of amides is 1. The Hall–Kier alpha value is -2.42. The van der Waals surface area contributed by atoms with Gasteiger partial charge in [-0.3, -0.25) is 14.5 Å². The standard InChI is InChI=1S/C20H27N3O5S/c1-13(2)18(20(25)28-12-17(24)23-11-7-6-8-14(23)3)21-19-15-9-4-5-10-16(15)29(26,27)22-19/h4-5,9-10,13-14,18H,6-8,11-12H2,1-3H3,(H,21,22)/t14-,18-/m0/s1. The van der Waals surface area contributed by atoms with Crippen LogP contribution in [0.15, 0.2) is 34.2 Å². The number of nitrogens with one attached hydrogen (secondary N) is 1. The topological polar surface area (TPSA) is 105 Å². The Bertz CT molecular complexity index is 926. The highest BCUT2D eigenvalue weighted by molar-refractivity contribution is 7.90. The first-order valence-electron chi connectivity index (χ1n) is 9.87. The van der Waals surface area contributed by atoms with Crippen molar-refractivity contribution in [1.82, 2.24) is 9.62 Å². The molecule has 1 N–H and O–H groups in total. The lowest BCUT2D eigenvalue weighted by Gasteiger charge is -2.33. The van der Waals surface area contributed by atoms with E-state index < -0.39 is 22.0 Å². The van der Waals surface area contributed by atoms with Gasteiger partial charge in [0.05, 0.1) is 4.90 Å². The minimum atomic E-state index is -3.69. The fraction of sp³-hybridized carbons (Fsp3) is 0.550. The van der Waals surface area contributed by atoms with Crippen molar-refractivity contribution in [2.24, 2.45) is 10.9 Å². The smallest absolute Gasteiger partial charge is 0.331 e. The third-order valence-electron chi connectivity index (χ3n) is 5.27. The van der Waals surface area contributed by atoms with Gasteiger partial charge < -0.3 is 9.64 Å². The van der Waals surface area contributed by atoms with Crippen LogP contribution in [-0.4, -0.2) is 56.3 Å². The molecule has 2 atom stereocenters. The maximum atomic E-state index is 12.6. The van der Waals surface area contributed by atoms with Gasteiger partial charge >= 0.3 is 5.97 Å². The van der Waals surface area contributed by atoms with Gasteiger partial charge in [0.15, 0.2) is 12.6 Å². The Kier molecular flexibility index (Phi) is 6.26. The molecule has 1 aromatic rings. The van der Waals surface area contributed by atoms with Crippen LogP contribution in [-0.2, 0) is 24.3 Å². The number of benzene rings is 1. The maximum Gasteiger partial charge on any atom is 0.331 e. The third-order valence-corrected chi connectivity index (χ3v) is 6.66. The fourth-order valence-corrected chi connectivity index (χ4v) is 4.85. The second kappa shape index (κ2) is 8.52. The summed E-state index contributed by atoms with van der Waals surface area (Å²) >= 11 is 0. The Morgan fingerprint density at radius 1 is 1.28 bits per heavy atom. The molecule has 3 rings (SSSR count).